The first-order valence-corrected chi connectivity index (χ1v) is 8.91. The number of fused-ring (bicyclic) bond motifs is 1. The number of hydrogen-bond donors (Lipinski definition) is 2. The van der Waals surface area contributed by atoms with E-state index < -0.39 is 0 Å². The van der Waals surface area contributed by atoms with Crippen LogP contribution in [0.25, 0.3) is 0 Å². The van der Waals surface area contributed by atoms with Crippen LogP contribution in [0.5, 0.6) is 0 Å². The van der Waals surface area contributed by atoms with Gasteiger partial charge in [-0.25, -0.2) is 0 Å². The third-order valence-corrected chi connectivity index (χ3v) is 5.37. The zero-order valence-corrected chi connectivity index (χ0v) is 13.7. The average Bonchev–Trinajstić information content (AvgIpc) is 3.24. The quantitative estimate of drug-likeness (QED) is 0.906. The largest absolute Gasteiger partial charge is 0.339 e. The van der Waals surface area contributed by atoms with Crippen LogP contribution in [-0.4, -0.2) is 32.4 Å². The van der Waals surface area contributed by atoms with Crippen molar-refractivity contribution in [2.24, 2.45) is 0 Å². The highest BCUT2D eigenvalue weighted by Gasteiger charge is 2.28. The van der Waals surface area contributed by atoms with Crippen molar-refractivity contribution in [3.05, 3.63) is 29.2 Å². The molecule has 0 radical (unpaired) electrons. The Kier molecular flexibility index (Phi) is 4.16. The Balaban J connectivity index is 1.28. The van der Waals surface area contributed by atoms with E-state index in [1.165, 1.54) is 30.5 Å². The van der Waals surface area contributed by atoms with Crippen molar-refractivity contribution >= 4 is 0 Å². The van der Waals surface area contributed by atoms with Crippen LogP contribution in [0.3, 0.4) is 0 Å². The van der Waals surface area contributed by atoms with Crippen LogP contribution in [0.4, 0.5) is 0 Å². The van der Waals surface area contributed by atoms with Crippen LogP contribution >= 0.6 is 0 Å². The van der Waals surface area contributed by atoms with Gasteiger partial charge in [0.15, 0.2) is 5.82 Å². The molecular weight excluding hydrogens is 290 g/mol. The van der Waals surface area contributed by atoms with Crippen LogP contribution in [0.2, 0.25) is 0 Å². The van der Waals surface area contributed by atoms with E-state index in [1.807, 2.05) is 6.20 Å². The van der Waals surface area contributed by atoms with Gasteiger partial charge in [0, 0.05) is 36.5 Å². The van der Waals surface area contributed by atoms with Crippen molar-refractivity contribution in [2.75, 3.05) is 0 Å². The highest BCUT2D eigenvalue weighted by atomic mass is 16.5. The molecule has 0 saturated heterocycles. The molecule has 2 aliphatic rings. The molecule has 124 valence electrons. The summed E-state index contributed by atoms with van der Waals surface area (Å²) in [7, 11) is 0. The van der Waals surface area contributed by atoms with E-state index in [2.05, 4.69) is 32.6 Å². The lowest BCUT2D eigenvalue weighted by molar-refractivity contribution is 0.264. The van der Waals surface area contributed by atoms with Crippen LogP contribution in [-0.2, 0) is 19.3 Å². The minimum absolute atomic E-state index is 0.450. The van der Waals surface area contributed by atoms with Crippen LogP contribution in [0, 0.1) is 0 Å². The van der Waals surface area contributed by atoms with Crippen molar-refractivity contribution in [3.63, 3.8) is 0 Å². The Labute approximate surface area is 136 Å². The number of aromatic nitrogens is 4. The van der Waals surface area contributed by atoms with Gasteiger partial charge in [-0.2, -0.15) is 10.1 Å². The number of H-pyrrole nitrogens is 1. The smallest absolute Gasteiger partial charge is 0.229 e. The zero-order chi connectivity index (χ0) is 15.6. The Morgan fingerprint density at radius 1 is 1.22 bits per heavy atom. The van der Waals surface area contributed by atoms with Crippen molar-refractivity contribution in [2.45, 2.75) is 76.3 Å². The Hall–Kier alpha value is -1.69. The predicted molar refractivity (Wildman–Crippen MR) is 86.2 cm³/mol. The molecule has 1 fully saturated rings. The Morgan fingerprint density at radius 2 is 2.09 bits per heavy atom. The van der Waals surface area contributed by atoms with Gasteiger partial charge in [-0.15, -0.1) is 0 Å². The minimum Gasteiger partial charge on any atom is -0.339 e. The van der Waals surface area contributed by atoms with Crippen molar-refractivity contribution < 1.29 is 4.52 Å². The van der Waals surface area contributed by atoms with Crippen molar-refractivity contribution in [1.82, 2.24) is 25.7 Å². The molecule has 0 aliphatic heterocycles. The summed E-state index contributed by atoms with van der Waals surface area (Å²) in [5.74, 6) is 2.13. The van der Waals surface area contributed by atoms with Gasteiger partial charge in [-0.05, 0) is 44.1 Å². The summed E-state index contributed by atoms with van der Waals surface area (Å²) in [5.41, 5.74) is 2.72. The van der Waals surface area contributed by atoms with Crippen LogP contribution in [0.15, 0.2) is 10.7 Å². The van der Waals surface area contributed by atoms with Gasteiger partial charge in [0.05, 0.1) is 6.20 Å². The Morgan fingerprint density at radius 3 is 2.87 bits per heavy atom. The number of rotatable bonds is 4. The summed E-state index contributed by atoms with van der Waals surface area (Å²) in [6.45, 7) is 2.06. The second-order valence-electron chi connectivity index (χ2n) is 6.93. The molecule has 6 heteroatoms. The summed E-state index contributed by atoms with van der Waals surface area (Å²) < 4.78 is 5.42. The first kappa shape index (κ1) is 14.9. The third-order valence-electron chi connectivity index (χ3n) is 5.37. The van der Waals surface area contributed by atoms with Crippen LogP contribution in [0.1, 0.15) is 67.9 Å². The zero-order valence-electron chi connectivity index (χ0n) is 13.7. The number of aromatic amines is 1. The first-order valence-electron chi connectivity index (χ1n) is 8.91. The molecule has 2 aromatic heterocycles. The minimum atomic E-state index is 0.450. The maximum absolute atomic E-state index is 5.42. The molecule has 0 bridgehead atoms. The summed E-state index contributed by atoms with van der Waals surface area (Å²) in [4.78, 5) is 4.50. The second-order valence-corrected chi connectivity index (χ2v) is 6.93. The lowest BCUT2D eigenvalue weighted by Gasteiger charge is -2.32. The third kappa shape index (κ3) is 3.17. The van der Waals surface area contributed by atoms with E-state index in [-0.39, 0.29) is 0 Å². The summed E-state index contributed by atoms with van der Waals surface area (Å²) >= 11 is 0. The van der Waals surface area contributed by atoms with Gasteiger partial charge in [0.2, 0.25) is 5.89 Å². The number of aryl methyl sites for hydroxylation is 2. The summed E-state index contributed by atoms with van der Waals surface area (Å²) in [6, 6.07) is 1.20. The van der Waals surface area contributed by atoms with Gasteiger partial charge < -0.3 is 9.84 Å². The molecule has 2 aliphatic carbocycles. The number of nitrogens with one attached hydrogen (secondary N) is 2. The van der Waals surface area contributed by atoms with E-state index in [0.29, 0.717) is 18.0 Å². The van der Waals surface area contributed by atoms with E-state index in [0.717, 1.165) is 43.8 Å². The van der Waals surface area contributed by atoms with Gasteiger partial charge in [0.25, 0.3) is 0 Å². The van der Waals surface area contributed by atoms with Crippen molar-refractivity contribution in [1.29, 1.82) is 0 Å². The molecule has 1 atom stereocenters. The molecular formula is C17H25N5O. The molecule has 2 heterocycles. The SMILES string of the molecule is CCc1noc(C2CCC(NC3CCc4cn[nH]c4C3)CC2)n1. The van der Waals surface area contributed by atoms with Crippen molar-refractivity contribution in [3.8, 4) is 0 Å². The lowest BCUT2D eigenvalue weighted by Crippen LogP contribution is -2.43. The molecule has 0 aromatic carbocycles. The molecule has 2 N–H and O–H groups in total. The highest BCUT2D eigenvalue weighted by Crippen LogP contribution is 2.32. The molecule has 23 heavy (non-hydrogen) atoms. The molecule has 1 saturated carbocycles. The van der Waals surface area contributed by atoms with E-state index >= 15 is 0 Å². The van der Waals surface area contributed by atoms with E-state index in [9.17, 15) is 0 Å². The summed E-state index contributed by atoms with van der Waals surface area (Å²) in [5, 5.41) is 15.2. The molecule has 0 spiro atoms. The van der Waals surface area contributed by atoms with Gasteiger partial charge in [-0.1, -0.05) is 12.1 Å². The van der Waals surface area contributed by atoms with Gasteiger partial charge >= 0.3 is 0 Å². The maximum atomic E-state index is 5.42. The van der Waals surface area contributed by atoms with Crippen LogP contribution < -0.4 is 5.32 Å². The molecule has 1 unspecified atom stereocenters. The highest BCUT2D eigenvalue weighted by molar-refractivity contribution is 5.21. The topological polar surface area (TPSA) is 79.6 Å². The van der Waals surface area contributed by atoms with E-state index in [1.54, 1.807) is 0 Å². The monoisotopic (exact) mass is 315 g/mol. The number of nitrogens with zero attached hydrogens (tertiary/aromatic N) is 3. The van der Waals surface area contributed by atoms with Gasteiger partial charge in [-0.3, -0.25) is 5.10 Å². The molecule has 6 nitrogen and oxygen atoms in total. The fourth-order valence-corrected chi connectivity index (χ4v) is 3.97. The lowest BCUT2D eigenvalue weighted by atomic mass is 9.84. The standard InChI is InChI=1S/C17H25N5O/c1-2-16-20-17(23-22-16)11-3-6-13(7-4-11)19-14-8-5-12-10-18-21-15(12)9-14/h10-11,13-14,19H,2-9H2,1H3,(H,18,21). The maximum Gasteiger partial charge on any atom is 0.229 e. The normalized spacial score (nSPS) is 27.8. The predicted octanol–water partition coefficient (Wildman–Crippen LogP) is 2.53. The summed E-state index contributed by atoms with van der Waals surface area (Å²) in [6.07, 6.45) is 10.9. The average molecular weight is 315 g/mol. The van der Waals surface area contributed by atoms with E-state index in [4.69, 9.17) is 4.52 Å². The van der Waals surface area contributed by atoms with Gasteiger partial charge in [0.1, 0.15) is 0 Å². The molecule has 4 rings (SSSR count). The number of hydrogen-bond acceptors (Lipinski definition) is 5. The first-order chi connectivity index (χ1) is 11.3. The fourth-order valence-electron chi connectivity index (χ4n) is 3.97. The Bertz CT molecular complexity index is 641. The molecule has 2 aromatic rings. The second kappa shape index (κ2) is 6.43. The molecule has 0 amide bonds. The fraction of sp³-hybridized carbons (Fsp3) is 0.706.